The van der Waals surface area contributed by atoms with E-state index in [1.807, 2.05) is 0 Å². The van der Waals surface area contributed by atoms with E-state index < -0.39 is 10.1 Å². The van der Waals surface area contributed by atoms with Crippen molar-refractivity contribution in [3.63, 3.8) is 0 Å². The zero-order valence-electron chi connectivity index (χ0n) is 4.34. The molecule has 0 spiro atoms. The topological polar surface area (TPSA) is 43.4 Å². The van der Waals surface area contributed by atoms with Crippen molar-refractivity contribution in [1.82, 2.24) is 0 Å². The molecule has 0 radical (unpaired) electrons. The van der Waals surface area contributed by atoms with E-state index in [1.165, 1.54) is 7.85 Å². The molecule has 0 saturated carbocycles. The lowest BCUT2D eigenvalue weighted by Gasteiger charge is -1.90. The summed E-state index contributed by atoms with van der Waals surface area (Å²) < 4.78 is 24.4. The van der Waals surface area contributed by atoms with Gasteiger partial charge in [-0.15, -0.1) is 0 Å². The molecule has 0 aliphatic heterocycles. The molecule has 7 heavy (non-hydrogen) atoms. The lowest BCUT2D eigenvalue weighted by Crippen LogP contribution is -2.06. The highest BCUT2D eigenvalue weighted by Gasteiger charge is 2.00. The van der Waals surface area contributed by atoms with Gasteiger partial charge in [0.05, 0.1) is 7.11 Å². The molecular weight excluding hydrogens is 115 g/mol. The molecule has 0 aliphatic rings. The fraction of sp³-hybridized carbons (Fsp3) is 1.00. The summed E-state index contributed by atoms with van der Waals surface area (Å²) in [6.07, 6.45) is 0. The maximum atomic E-state index is 10.1. The van der Waals surface area contributed by atoms with Crippen LogP contribution in [0.1, 0.15) is 0 Å². The molecule has 0 N–H and O–H groups in total. The van der Waals surface area contributed by atoms with Gasteiger partial charge in [-0.25, -0.2) is 8.42 Å². The standard InChI is InChI=1S/C2H7BO3S/c1-6-7(4,5)2-3/h2-3H2,1H3. The normalized spacial score (nSPS) is 11.6. The molecule has 0 aliphatic carbocycles. The minimum Gasteiger partial charge on any atom is -0.274 e. The Hall–Kier alpha value is -0.0251. The summed E-state index contributed by atoms with van der Waals surface area (Å²) in [5.74, 6) is 0. The minimum atomic E-state index is -3.16. The van der Waals surface area contributed by atoms with Gasteiger partial charge in [0.25, 0.3) is 10.1 Å². The molecule has 0 fully saturated rings. The van der Waals surface area contributed by atoms with Crippen LogP contribution in [0.15, 0.2) is 0 Å². The smallest absolute Gasteiger partial charge is 0.259 e. The molecule has 5 heteroatoms. The molecule has 0 aromatic rings. The summed E-state index contributed by atoms with van der Waals surface area (Å²) in [6.45, 7) is 0. The van der Waals surface area contributed by atoms with Crippen LogP contribution < -0.4 is 0 Å². The lowest BCUT2D eigenvalue weighted by atomic mass is 10.2. The Balaban J connectivity index is 3.89. The highest BCUT2D eigenvalue weighted by Crippen LogP contribution is 1.82. The van der Waals surface area contributed by atoms with Crippen molar-refractivity contribution in [3.8, 4) is 0 Å². The van der Waals surface area contributed by atoms with Gasteiger partial charge in [-0.05, 0) is 0 Å². The average Bonchev–Trinajstić information content (AvgIpc) is 1.68. The zero-order chi connectivity index (χ0) is 5.91. The van der Waals surface area contributed by atoms with Gasteiger partial charge < -0.3 is 0 Å². The van der Waals surface area contributed by atoms with Gasteiger partial charge >= 0.3 is 0 Å². The number of hydrogen-bond acceptors (Lipinski definition) is 3. The Morgan fingerprint density at radius 3 is 2.14 bits per heavy atom. The number of rotatable bonds is 2. The first-order valence-corrected chi connectivity index (χ1v) is 3.48. The number of hydrogen-bond donors (Lipinski definition) is 0. The van der Waals surface area contributed by atoms with E-state index >= 15 is 0 Å². The van der Waals surface area contributed by atoms with Crippen molar-refractivity contribution in [3.05, 3.63) is 0 Å². The van der Waals surface area contributed by atoms with Crippen LogP contribution in [-0.2, 0) is 14.3 Å². The lowest BCUT2D eigenvalue weighted by molar-refractivity contribution is 0.402. The molecular formula is C2H7BO3S. The van der Waals surface area contributed by atoms with Crippen LogP contribution in [0.25, 0.3) is 0 Å². The van der Waals surface area contributed by atoms with Gasteiger partial charge in [0.2, 0.25) is 0 Å². The van der Waals surface area contributed by atoms with E-state index in [4.69, 9.17) is 0 Å². The molecule has 0 rings (SSSR count). The Morgan fingerprint density at radius 2 is 2.14 bits per heavy atom. The second-order valence-electron chi connectivity index (χ2n) is 1.01. The molecule has 0 heterocycles. The monoisotopic (exact) mass is 122 g/mol. The Kier molecular flexibility index (Phi) is 2.32. The first kappa shape index (κ1) is 6.97. The second-order valence-corrected chi connectivity index (χ2v) is 3.04. The third-order valence-electron chi connectivity index (χ3n) is 0.607. The van der Waals surface area contributed by atoms with Crippen LogP contribution in [0, 0.1) is 0 Å². The van der Waals surface area contributed by atoms with Crippen molar-refractivity contribution < 1.29 is 12.6 Å². The second kappa shape index (κ2) is 2.33. The summed E-state index contributed by atoms with van der Waals surface area (Å²) in [7, 11) is -0.479. The van der Waals surface area contributed by atoms with Gasteiger partial charge in [-0.2, -0.15) is 0 Å². The van der Waals surface area contributed by atoms with Gasteiger partial charge in [-0.3, -0.25) is 4.18 Å². The van der Waals surface area contributed by atoms with Crippen molar-refractivity contribution in [2.75, 3.05) is 12.8 Å². The highest BCUT2D eigenvalue weighted by molar-refractivity contribution is 7.87. The van der Waals surface area contributed by atoms with Crippen LogP contribution in [-0.4, -0.2) is 29.0 Å². The Bertz CT molecular complexity index is 116. The maximum Gasteiger partial charge on any atom is 0.259 e. The van der Waals surface area contributed by atoms with E-state index in [-0.39, 0.29) is 5.65 Å². The van der Waals surface area contributed by atoms with Crippen LogP contribution in [0.5, 0.6) is 0 Å². The Labute approximate surface area is 44.2 Å². The SMILES string of the molecule is BCS(=O)(=O)OC. The summed E-state index contributed by atoms with van der Waals surface area (Å²) in [4.78, 5) is 0. The largest absolute Gasteiger partial charge is 0.274 e. The third kappa shape index (κ3) is 2.64. The van der Waals surface area contributed by atoms with Crippen molar-refractivity contribution in [1.29, 1.82) is 0 Å². The molecule has 0 aromatic carbocycles. The highest BCUT2D eigenvalue weighted by atomic mass is 32.2. The van der Waals surface area contributed by atoms with Gasteiger partial charge in [-0.1, -0.05) is 0 Å². The van der Waals surface area contributed by atoms with Crippen molar-refractivity contribution in [2.24, 2.45) is 0 Å². The van der Waals surface area contributed by atoms with Gasteiger partial charge in [0.15, 0.2) is 0 Å². The van der Waals surface area contributed by atoms with Crippen LogP contribution >= 0.6 is 0 Å². The maximum absolute atomic E-state index is 10.1. The van der Waals surface area contributed by atoms with Crippen LogP contribution in [0.4, 0.5) is 0 Å². The van der Waals surface area contributed by atoms with Crippen molar-refractivity contribution >= 4 is 18.0 Å². The molecule has 3 nitrogen and oxygen atoms in total. The predicted molar refractivity (Wildman–Crippen MR) is 29.3 cm³/mol. The summed E-state index contributed by atoms with van der Waals surface area (Å²) in [5.41, 5.74) is 0.0451. The molecule has 0 bridgehead atoms. The molecule has 0 atom stereocenters. The summed E-state index contributed by atoms with van der Waals surface area (Å²) in [5, 5.41) is 0. The minimum absolute atomic E-state index is 0.0451. The van der Waals surface area contributed by atoms with Gasteiger partial charge in [0, 0.05) is 5.65 Å². The molecule has 0 saturated heterocycles. The quantitative estimate of drug-likeness (QED) is 0.332. The predicted octanol–water partition coefficient (Wildman–Crippen LogP) is -1.45. The van der Waals surface area contributed by atoms with E-state index in [2.05, 4.69) is 4.18 Å². The first-order chi connectivity index (χ1) is 3.12. The van der Waals surface area contributed by atoms with E-state index in [0.29, 0.717) is 0 Å². The van der Waals surface area contributed by atoms with E-state index in [0.717, 1.165) is 7.11 Å². The fourth-order valence-corrected chi connectivity index (χ4v) is 0.354. The van der Waals surface area contributed by atoms with E-state index in [1.54, 1.807) is 0 Å². The fourth-order valence-electron chi connectivity index (χ4n) is 0.118. The zero-order valence-corrected chi connectivity index (χ0v) is 5.16. The molecule has 42 valence electrons. The van der Waals surface area contributed by atoms with Gasteiger partial charge in [0.1, 0.15) is 7.85 Å². The van der Waals surface area contributed by atoms with Crippen molar-refractivity contribution in [2.45, 2.75) is 0 Å². The summed E-state index contributed by atoms with van der Waals surface area (Å²) in [6, 6.07) is 0. The first-order valence-electron chi connectivity index (χ1n) is 1.90. The third-order valence-corrected chi connectivity index (χ3v) is 1.82. The van der Waals surface area contributed by atoms with E-state index in [9.17, 15) is 8.42 Å². The summed E-state index contributed by atoms with van der Waals surface area (Å²) >= 11 is 0. The Morgan fingerprint density at radius 1 is 1.71 bits per heavy atom. The van der Waals surface area contributed by atoms with Crippen LogP contribution in [0.2, 0.25) is 0 Å². The molecule has 0 amide bonds. The molecule has 0 aromatic heterocycles. The molecule has 0 unspecified atom stereocenters. The average molecular weight is 122 g/mol. The van der Waals surface area contributed by atoms with Crippen LogP contribution in [0.3, 0.4) is 0 Å².